The molecule has 0 fully saturated rings. The zero-order valence-electron chi connectivity index (χ0n) is 12.5. The lowest BCUT2D eigenvalue weighted by molar-refractivity contribution is -0.384. The monoisotopic (exact) mass is 300 g/mol. The SMILES string of the molecule is CC(=O)c1ccc(N[C@@H](C)c2nccc(C)n2)c([N+](=O)[O-])c1. The number of anilines is 1. The van der Waals surface area contributed by atoms with Crippen LogP contribution in [-0.2, 0) is 0 Å². The summed E-state index contributed by atoms with van der Waals surface area (Å²) in [5.74, 6) is 0.328. The van der Waals surface area contributed by atoms with Crippen molar-refractivity contribution in [1.29, 1.82) is 0 Å². The molecule has 1 N–H and O–H groups in total. The smallest absolute Gasteiger partial charge is 0.293 e. The van der Waals surface area contributed by atoms with E-state index in [0.29, 0.717) is 17.1 Å². The summed E-state index contributed by atoms with van der Waals surface area (Å²) in [6, 6.07) is 5.83. The molecule has 0 aliphatic rings. The predicted octanol–water partition coefficient (Wildman–Crippen LogP) is 3.07. The fraction of sp³-hybridized carbons (Fsp3) is 0.267. The van der Waals surface area contributed by atoms with Crippen LogP contribution in [0.2, 0.25) is 0 Å². The van der Waals surface area contributed by atoms with Crippen molar-refractivity contribution in [3.8, 4) is 0 Å². The number of nitro benzene ring substituents is 1. The van der Waals surface area contributed by atoms with Crippen LogP contribution in [0.1, 0.15) is 41.8 Å². The van der Waals surface area contributed by atoms with Gasteiger partial charge in [0, 0.05) is 23.5 Å². The fourth-order valence-corrected chi connectivity index (χ4v) is 2.00. The van der Waals surface area contributed by atoms with Gasteiger partial charge in [-0.05, 0) is 39.0 Å². The van der Waals surface area contributed by atoms with Gasteiger partial charge in [-0.1, -0.05) is 0 Å². The molecule has 0 saturated heterocycles. The highest BCUT2D eigenvalue weighted by atomic mass is 16.6. The summed E-state index contributed by atoms with van der Waals surface area (Å²) in [7, 11) is 0. The van der Waals surface area contributed by atoms with Gasteiger partial charge < -0.3 is 5.32 Å². The van der Waals surface area contributed by atoms with E-state index in [1.165, 1.54) is 19.1 Å². The van der Waals surface area contributed by atoms with Crippen LogP contribution < -0.4 is 5.32 Å². The zero-order valence-corrected chi connectivity index (χ0v) is 12.5. The molecule has 22 heavy (non-hydrogen) atoms. The number of nitrogens with zero attached hydrogens (tertiary/aromatic N) is 3. The van der Waals surface area contributed by atoms with Crippen LogP contribution in [0, 0.1) is 17.0 Å². The molecule has 0 amide bonds. The molecule has 0 unspecified atom stereocenters. The third-order valence-electron chi connectivity index (χ3n) is 3.17. The van der Waals surface area contributed by atoms with Gasteiger partial charge in [0.2, 0.25) is 0 Å². The number of benzene rings is 1. The van der Waals surface area contributed by atoms with Gasteiger partial charge in [0.05, 0.1) is 11.0 Å². The topological polar surface area (TPSA) is 98.0 Å². The molecule has 0 aliphatic heterocycles. The van der Waals surface area contributed by atoms with Gasteiger partial charge in [0.1, 0.15) is 11.5 Å². The lowest BCUT2D eigenvalue weighted by Gasteiger charge is -2.14. The number of ketones is 1. The molecule has 1 heterocycles. The second-order valence-electron chi connectivity index (χ2n) is 4.97. The van der Waals surface area contributed by atoms with Gasteiger partial charge >= 0.3 is 0 Å². The Morgan fingerprint density at radius 3 is 2.68 bits per heavy atom. The third kappa shape index (κ3) is 3.43. The van der Waals surface area contributed by atoms with E-state index in [2.05, 4.69) is 15.3 Å². The van der Waals surface area contributed by atoms with E-state index < -0.39 is 4.92 Å². The maximum Gasteiger partial charge on any atom is 0.293 e. The van der Waals surface area contributed by atoms with E-state index in [9.17, 15) is 14.9 Å². The van der Waals surface area contributed by atoms with Crippen LogP contribution in [-0.4, -0.2) is 20.7 Å². The molecule has 0 saturated carbocycles. The minimum absolute atomic E-state index is 0.146. The van der Waals surface area contributed by atoms with Gasteiger partial charge in [-0.2, -0.15) is 0 Å². The number of nitrogens with one attached hydrogen (secondary N) is 1. The predicted molar refractivity (Wildman–Crippen MR) is 81.9 cm³/mol. The van der Waals surface area contributed by atoms with Crippen LogP contribution in [0.5, 0.6) is 0 Å². The molecule has 7 heteroatoms. The molecule has 7 nitrogen and oxygen atoms in total. The molecule has 1 aromatic carbocycles. The standard InChI is InChI=1S/C15H16N4O3/c1-9-6-7-16-15(17-9)10(2)18-13-5-4-12(11(3)20)8-14(13)19(21)22/h4-8,10,18H,1-3H3/t10-/m0/s1. The first-order valence-corrected chi connectivity index (χ1v) is 6.74. The lowest BCUT2D eigenvalue weighted by atomic mass is 10.1. The van der Waals surface area contributed by atoms with Crippen LogP contribution in [0.3, 0.4) is 0 Å². The molecule has 114 valence electrons. The minimum atomic E-state index is -0.515. The Bertz CT molecular complexity index is 730. The number of Topliss-reactive ketones (excluding diaryl/α,β-unsaturated/α-hetero) is 1. The summed E-state index contributed by atoms with van der Waals surface area (Å²) in [6.45, 7) is 5.04. The third-order valence-corrected chi connectivity index (χ3v) is 3.17. The number of nitro groups is 1. The van der Waals surface area contributed by atoms with Crippen LogP contribution >= 0.6 is 0 Å². The molecule has 0 radical (unpaired) electrons. The highest BCUT2D eigenvalue weighted by Crippen LogP contribution is 2.28. The molecule has 1 aromatic heterocycles. The van der Waals surface area contributed by atoms with E-state index in [1.807, 2.05) is 13.8 Å². The normalized spacial score (nSPS) is 11.8. The highest BCUT2D eigenvalue weighted by Gasteiger charge is 2.19. The Hall–Kier alpha value is -2.83. The number of carbonyl (C=O) groups is 1. The van der Waals surface area contributed by atoms with Crippen molar-refractivity contribution in [3.05, 3.63) is 57.7 Å². The van der Waals surface area contributed by atoms with Crippen molar-refractivity contribution >= 4 is 17.2 Å². The first kappa shape index (κ1) is 15.6. The summed E-state index contributed by atoms with van der Waals surface area (Å²) in [6.07, 6.45) is 1.64. The molecule has 1 atom stereocenters. The maximum absolute atomic E-state index is 11.3. The number of aryl methyl sites for hydroxylation is 1. The van der Waals surface area contributed by atoms with E-state index in [-0.39, 0.29) is 17.5 Å². The Morgan fingerprint density at radius 1 is 1.36 bits per heavy atom. The van der Waals surface area contributed by atoms with Gasteiger partial charge in [-0.25, -0.2) is 9.97 Å². The number of rotatable bonds is 5. The van der Waals surface area contributed by atoms with Crippen molar-refractivity contribution in [2.75, 3.05) is 5.32 Å². The Kier molecular flexibility index (Phi) is 4.45. The van der Waals surface area contributed by atoms with Crippen molar-refractivity contribution in [2.24, 2.45) is 0 Å². The Morgan fingerprint density at radius 2 is 2.09 bits per heavy atom. The summed E-state index contributed by atoms with van der Waals surface area (Å²) in [5.41, 5.74) is 1.30. The summed E-state index contributed by atoms with van der Waals surface area (Å²) in [5, 5.41) is 14.2. The summed E-state index contributed by atoms with van der Waals surface area (Å²) >= 11 is 0. The second kappa shape index (κ2) is 6.30. The molecular weight excluding hydrogens is 284 g/mol. The first-order valence-electron chi connectivity index (χ1n) is 6.74. The van der Waals surface area contributed by atoms with Crippen LogP contribution in [0.4, 0.5) is 11.4 Å². The van der Waals surface area contributed by atoms with E-state index in [4.69, 9.17) is 0 Å². The first-order chi connectivity index (χ1) is 10.4. The number of hydrogen-bond acceptors (Lipinski definition) is 6. The molecule has 2 aromatic rings. The molecule has 0 spiro atoms. The van der Waals surface area contributed by atoms with Crippen molar-refractivity contribution < 1.29 is 9.72 Å². The number of carbonyl (C=O) groups excluding carboxylic acids is 1. The van der Waals surface area contributed by atoms with E-state index in [0.717, 1.165) is 5.69 Å². The largest absolute Gasteiger partial charge is 0.370 e. The minimum Gasteiger partial charge on any atom is -0.370 e. The van der Waals surface area contributed by atoms with Gasteiger partial charge in [-0.3, -0.25) is 14.9 Å². The summed E-state index contributed by atoms with van der Waals surface area (Å²) < 4.78 is 0. The molecule has 0 bridgehead atoms. The Labute approximate surface area is 127 Å². The molecular formula is C15H16N4O3. The average Bonchev–Trinajstić information content (AvgIpc) is 2.47. The zero-order chi connectivity index (χ0) is 16.3. The second-order valence-corrected chi connectivity index (χ2v) is 4.97. The maximum atomic E-state index is 11.3. The Balaban J connectivity index is 2.32. The van der Waals surface area contributed by atoms with E-state index in [1.54, 1.807) is 18.3 Å². The van der Waals surface area contributed by atoms with Gasteiger partial charge in [0.15, 0.2) is 5.78 Å². The average molecular weight is 300 g/mol. The van der Waals surface area contributed by atoms with Crippen LogP contribution in [0.25, 0.3) is 0 Å². The number of hydrogen-bond donors (Lipinski definition) is 1. The molecule has 2 rings (SSSR count). The lowest BCUT2D eigenvalue weighted by Crippen LogP contribution is -2.12. The highest BCUT2D eigenvalue weighted by molar-refractivity contribution is 5.95. The number of aromatic nitrogens is 2. The molecule has 0 aliphatic carbocycles. The summed E-state index contributed by atoms with van der Waals surface area (Å²) in [4.78, 5) is 30.5. The van der Waals surface area contributed by atoms with E-state index >= 15 is 0 Å². The van der Waals surface area contributed by atoms with Crippen molar-refractivity contribution in [1.82, 2.24) is 9.97 Å². The quantitative estimate of drug-likeness (QED) is 0.517. The van der Waals surface area contributed by atoms with Gasteiger partial charge in [0.25, 0.3) is 5.69 Å². The van der Waals surface area contributed by atoms with Crippen LogP contribution in [0.15, 0.2) is 30.5 Å². The van der Waals surface area contributed by atoms with Crippen molar-refractivity contribution in [3.63, 3.8) is 0 Å². The fourth-order valence-electron chi connectivity index (χ4n) is 2.00. The van der Waals surface area contributed by atoms with Gasteiger partial charge in [-0.15, -0.1) is 0 Å². The van der Waals surface area contributed by atoms with Crippen molar-refractivity contribution in [2.45, 2.75) is 26.8 Å².